The van der Waals surface area contributed by atoms with Crippen LogP contribution < -0.4 is 5.32 Å². The van der Waals surface area contributed by atoms with E-state index < -0.39 is 5.95 Å². The van der Waals surface area contributed by atoms with Gasteiger partial charge in [0.05, 0.1) is 0 Å². The highest BCUT2D eigenvalue weighted by atomic mass is 19.1. The van der Waals surface area contributed by atoms with E-state index in [1.54, 1.807) is 0 Å². The van der Waals surface area contributed by atoms with Crippen molar-refractivity contribution in [1.29, 1.82) is 0 Å². The average Bonchev–Trinajstić information content (AvgIpc) is 3.01. The number of nitrogens with zero attached hydrogens (tertiary/aromatic N) is 1. The highest BCUT2D eigenvalue weighted by molar-refractivity contribution is 5.92. The fraction of sp³-hybridized carbons (Fsp3) is 0.500. The zero-order valence-electron chi connectivity index (χ0n) is 9.24. The predicted octanol–water partition coefficient (Wildman–Crippen LogP) is 2.14. The van der Waals surface area contributed by atoms with Crippen LogP contribution in [-0.4, -0.2) is 16.9 Å². The molecule has 0 radical (unpaired) electrons. The minimum absolute atomic E-state index is 0.130. The summed E-state index contributed by atoms with van der Waals surface area (Å²) < 4.78 is 12.8. The second-order valence-corrected chi connectivity index (χ2v) is 4.40. The molecule has 1 fully saturated rings. The van der Waals surface area contributed by atoms with E-state index in [0.717, 1.165) is 12.3 Å². The van der Waals surface area contributed by atoms with Gasteiger partial charge in [-0.1, -0.05) is 18.9 Å². The third-order valence-corrected chi connectivity index (χ3v) is 2.71. The number of nitrogens with one attached hydrogen (secondary N) is 1. The van der Waals surface area contributed by atoms with Crippen LogP contribution >= 0.6 is 0 Å². The van der Waals surface area contributed by atoms with Crippen molar-refractivity contribution in [2.75, 3.05) is 0 Å². The van der Waals surface area contributed by atoms with Crippen molar-refractivity contribution in [3.8, 4) is 0 Å². The van der Waals surface area contributed by atoms with Crippen LogP contribution in [-0.2, 0) is 0 Å². The Morgan fingerprint density at radius 2 is 2.38 bits per heavy atom. The summed E-state index contributed by atoms with van der Waals surface area (Å²) >= 11 is 0. The zero-order chi connectivity index (χ0) is 11.5. The Kier molecular flexibility index (Phi) is 3.17. The molecule has 1 aromatic heterocycles. The summed E-state index contributed by atoms with van der Waals surface area (Å²) in [5.41, 5.74) is 0.141. The first-order chi connectivity index (χ1) is 7.65. The lowest BCUT2D eigenvalue weighted by Gasteiger charge is -2.12. The molecule has 86 valence electrons. The molecule has 1 unspecified atom stereocenters. The topological polar surface area (TPSA) is 42.0 Å². The van der Waals surface area contributed by atoms with Gasteiger partial charge in [0.15, 0.2) is 0 Å². The summed E-state index contributed by atoms with van der Waals surface area (Å²) in [7, 11) is 0. The third-order valence-electron chi connectivity index (χ3n) is 2.71. The van der Waals surface area contributed by atoms with Gasteiger partial charge in [-0.05, 0) is 31.4 Å². The molecule has 1 aromatic rings. The van der Waals surface area contributed by atoms with Crippen molar-refractivity contribution in [2.24, 2.45) is 5.92 Å². The van der Waals surface area contributed by atoms with Crippen molar-refractivity contribution in [3.63, 3.8) is 0 Å². The Labute approximate surface area is 94.1 Å². The van der Waals surface area contributed by atoms with Gasteiger partial charge in [0.2, 0.25) is 5.95 Å². The van der Waals surface area contributed by atoms with E-state index >= 15 is 0 Å². The Hall–Kier alpha value is -1.45. The highest BCUT2D eigenvalue weighted by Gasteiger charge is 2.24. The van der Waals surface area contributed by atoms with Gasteiger partial charge in [-0.25, -0.2) is 4.98 Å². The molecule has 1 atom stereocenters. The van der Waals surface area contributed by atoms with Crippen LogP contribution in [0, 0.1) is 11.9 Å². The number of carbonyl (C=O) groups excluding carboxylic acids is 1. The molecular formula is C12H15FN2O. The summed E-state index contributed by atoms with van der Waals surface area (Å²) in [6.07, 6.45) is 3.53. The molecule has 0 spiro atoms. The smallest absolute Gasteiger partial charge is 0.270 e. The van der Waals surface area contributed by atoms with Crippen molar-refractivity contribution >= 4 is 5.91 Å². The molecule has 4 heteroatoms. The molecule has 0 aromatic carbocycles. The SMILES string of the molecule is CC(CC1CC1)NC(=O)c1cccc(F)n1. The average molecular weight is 222 g/mol. The van der Waals surface area contributed by atoms with E-state index in [4.69, 9.17) is 0 Å². The lowest BCUT2D eigenvalue weighted by molar-refractivity contribution is 0.0931. The van der Waals surface area contributed by atoms with Crippen molar-refractivity contribution in [2.45, 2.75) is 32.2 Å². The van der Waals surface area contributed by atoms with Gasteiger partial charge in [-0.3, -0.25) is 4.79 Å². The first-order valence-corrected chi connectivity index (χ1v) is 5.58. The van der Waals surface area contributed by atoms with Crippen LogP contribution in [0.15, 0.2) is 18.2 Å². The normalized spacial score (nSPS) is 16.9. The molecule has 1 heterocycles. The zero-order valence-corrected chi connectivity index (χ0v) is 9.24. The molecule has 1 aliphatic rings. The molecule has 0 saturated heterocycles. The van der Waals surface area contributed by atoms with Crippen LogP contribution in [0.25, 0.3) is 0 Å². The first kappa shape index (κ1) is 11.0. The maximum atomic E-state index is 12.8. The number of halogens is 1. The van der Waals surface area contributed by atoms with Gasteiger partial charge in [0.1, 0.15) is 5.69 Å². The van der Waals surface area contributed by atoms with E-state index in [2.05, 4.69) is 10.3 Å². The fourth-order valence-electron chi connectivity index (χ4n) is 1.74. The highest BCUT2D eigenvalue weighted by Crippen LogP contribution is 2.33. The number of hydrogen-bond acceptors (Lipinski definition) is 2. The Balaban J connectivity index is 1.91. The molecular weight excluding hydrogens is 207 g/mol. The number of amides is 1. The Morgan fingerprint density at radius 3 is 3.00 bits per heavy atom. The predicted molar refractivity (Wildman–Crippen MR) is 58.5 cm³/mol. The summed E-state index contributed by atoms with van der Waals surface area (Å²) in [6.45, 7) is 1.97. The molecule has 2 rings (SSSR count). The van der Waals surface area contributed by atoms with E-state index in [1.165, 1.54) is 31.0 Å². The van der Waals surface area contributed by atoms with Gasteiger partial charge in [-0.15, -0.1) is 0 Å². The molecule has 0 bridgehead atoms. The molecule has 1 aliphatic carbocycles. The van der Waals surface area contributed by atoms with E-state index in [-0.39, 0.29) is 17.6 Å². The summed E-state index contributed by atoms with van der Waals surface area (Å²) in [5.74, 6) is -0.161. The van der Waals surface area contributed by atoms with Gasteiger partial charge >= 0.3 is 0 Å². The van der Waals surface area contributed by atoms with Crippen molar-refractivity contribution < 1.29 is 9.18 Å². The molecule has 1 amide bonds. The van der Waals surface area contributed by atoms with E-state index in [0.29, 0.717) is 0 Å². The van der Waals surface area contributed by atoms with E-state index in [9.17, 15) is 9.18 Å². The Bertz CT molecular complexity index is 390. The number of pyridine rings is 1. The number of hydrogen-bond donors (Lipinski definition) is 1. The largest absolute Gasteiger partial charge is 0.348 e. The summed E-state index contributed by atoms with van der Waals surface area (Å²) in [4.78, 5) is 15.2. The van der Waals surface area contributed by atoms with Gasteiger partial charge < -0.3 is 5.32 Å². The minimum Gasteiger partial charge on any atom is -0.348 e. The van der Waals surface area contributed by atoms with Gasteiger partial charge in [0.25, 0.3) is 5.91 Å². The molecule has 1 saturated carbocycles. The van der Waals surface area contributed by atoms with Crippen molar-refractivity contribution in [1.82, 2.24) is 10.3 Å². The van der Waals surface area contributed by atoms with Crippen LogP contribution in [0.2, 0.25) is 0 Å². The summed E-state index contributed by atoms with van der Waals surface area (Å²) in [5, 5.41) is 2.83. The minimum atomic E-state index is -0.623. The molecule has 3 nitrogen and oxygen atoms in total. The number of carbonyl (C=O) groups is 1. The third kappa shape index (κ3) is 3.02. The second kappa shape index (κ2) is 4.60. The fourth-order valence-corrected chi connectivity index (χ4v) is 1.74. The van der Waals surface area contributed by atoms with Crippen LogP contribution in [0.3, 0.4) is 0 Å². The maximum Gasteiger partial charge on any atom is 0.270 e. The number of rotatable bonds is 4. The lowest BCUT2D eigenvalue weighted by atomic mass is 10.1. The van der Waals surface area contributed by atoms with E-state index in [1.807, 2.05) is 6.92 Å². The lowest BCUT2D eigenvalue weighted by Crippen LogP contribution is -2.33. The number of aromatic nitrogens is 1. The second-order valence-electron chi connectivity index (χ2n) is 4.40. The van der Waals surface area contributed by atoms with Gasteiger partial charge in [0, 0.05) is 6.04 Å². The van der Waals surface area contributed by atoms with Crippen LogP contribution in [0.4, 0.5) is 4.39 Å². The maximum absolute atomic E-state index is 12.8. The van der Waals surface area contributed by atoms with Crippen LogP contribution in [0.5, 0.6) is 0 Å². The quantitative estimate of drug-likeness (QED) is 0.793. The molecule has 1 N–H and O–H groups in total. The van der Waals surface area contributed by atoms with Gasteiger partial charge in [-0.2, -0.15) is 4.39 Å². The summed E-state index contributed by atoms with van der Waals surface area (Å²) in [6, 6.07) is 4.36. The van der Waals surface area contributed by atoms with Crippen molar-refractivity contribution in [3.05, 3.63) is 29.8 Å². The standard InChI is InChI=1S/C12H15FN2O/c1-8(7-9-5-6-9)14-12(16)10-3-2-4-11(13)15-10/h2-4,8-9H,5-7H2,1H3,(H,14,16). The molecule has 16 heavy (non-hydrogen) atoms. The first-order valence-electron chi connectivity index (χ1n) is 5.58. The monoisotopic (exact) mass is 222 g/mol. The molecule has 0 aliphatic heterocycles. The van der Waals surface area contributed by atoms with Crippen LogP contribution in [0.1, 0.15) is 36.7 Å². The Morgan fingerprint density at radius 1 is 1.62 bits per heavy atom.